The lowest BCUT2D eigenvalue weighted by atomic mass is 10.1. The highest BCUT2D eigenvalue weighted by Crippen LogP contribution is 2.20. The first-order valence-corrected chi connectivity index (χ1v) is 10.3. The van der Waals surface area contributed by atoms with Crippen LogP contribution in [0.5, 0.6) is 0 Å². The van der Waals surface area contributed by atoms with Crippen molar-refractivity contribution in [2.45, 2.75) is 33.2 Å². The van der Waals surface area contributed by atoms with Crippen molar-refractivity contribution >= 4 is 11.6 Å². The standard InChI is InChI=1S/C21H35FN4O2/c1-4-26(5-2)20-8-7-17(13-19(20)22)14-25-21(23-3)24-10-6-11-27-15-18-9-12-28-16-18/h7-8,13,18H,4-6,9-12,14-16H2,1-3H3,(H2,23,24,25). The Morgan fingerprint density at radius 2 is 2.14 bits per heavy atom. The van der Waals surface area contributed by atoms with E-state index in [4.69, 9.17) is 9.47 Å². The Morgan fingerprint density at radius 1 is 1.32 bits per heavy atom. The van der Waals surface area contributed by atoms with Crippen LogP contribution in [0.25, 0.3) is 0 Å². The van der Waals surface area contributed by atoms with Gasteiger partial charge >= 0.3 is 0 Å². The summed E-state index contributed by atoms with van der Waals surface area (Å²) in [6.45, 7) is 10.1. The van der Waals surface area contributed by atoms with E-state index in [9.17, 15) is 4.39 Å². The number of nitrogens with zero attached hydrogens (tertiary/aromatic N) is 2. The molecule has 0 aliphatic carbocycles. The number of benzene rings is 1. The SMILES string of the molecule is CCN(CC)c1ccc(CNC(=NC)NCCCOCC2CCOC2)cc1F. The molecular formula is C21H35FN4O2. The van der Waals surface area contributed by atoms with Gasteiger partial charge in [-0.2, -0.15) is 0 Å². The molecule has 6 nitrogen and oxygen atoms in total. The molecule has 7 heteroatoms. The van der Waals surface area contributed by atoms with E-state index in [0.717, 1.165) is 64.5 Å². The van der Waals surface area contributed by atoms with E-state index in [2.05, 4.69) is 15.6 Å². The minimum absolute atomic E-state index is 0.184. The van der Waals surface area contributed by atoms with E-state index in [1.807, 2.05) is 30.9 Å². The van der Waals surface area contributed by atoms with Crippen molar-refractivity contribution in [3.8, 4) is 0 Å². The van der Waals surface area contributed by atoms with Gasteiger partial charge in [0, 0.05) is 52.4 Å². The van der Waals surface area contributed by atoms with Crippen LogP contribution in [0.4, 0.5) is 10.1 Å². The molecule has 1 heterocycles. The van der Waals surface area contributed by atoms with Gasteiger partial charge in [0.25, 0.3) is 0 Å². The fourth-order valence-electron chi connectivity index (χ4n) is 3.23. The minimum atomic E-state index is -0.184. The van der Waals surface area contributed by atoms with Crippen LogP contribution < -0.4 is 15.5 Å². The zero-order chi connectivity index (χ0) is 20.2. The van der Waals surface area contributed by atoms with Crippen molar-refractivity contribution in [1.82, 2.24) is 10.6 Å². The highest BCUT2D eigenvalue weighted by atomic mass is 19.1. The summed E-state index contributed by atoms with van der Waals surface area (Å²) in [5, 5.41) is 6.49. The van der Waals surface area contributed by atoms with Crippen LogP contribution in [0.1, 0.15) is 32.3 Å². The van der Waals surface area contributed by atoms with E-state index < -0.39 is 0 Å². The van der Waals surface area contributed by atoms with Crippen LogP contribution >= 0.6 is 0 Å². The van der Waals surface area contributed by atoms with Gasteiger partial charge in [-0.25, -0.2) is 4.39 Å². The highest BCUT2D eigenvalue weighted by Gasteiger charge is 2.15. The summed E-state index contributed by atoms with van der Waals surface area (Å²) in [5.74, 6) is 1.07. The fraction of sp³-hybridized carbons (Fsp3) is 0.667. The van der Waals surface area contributed by atoms with Crippen LogP contribution in [-0.4, -0.2) is 59.1 Å². The van der Waals surface area contributed by atoms with Gasteiger partial charge in [0.1, 0.15) is 5.82 Å². The monoisotopic (exact) mass is 394 g/mol. The number of nitrogens with one attached hydrogen (secondary N) is 2. The zero-order valence-corrected chi connectivity index (χ0v) is 17.5. The van der Waals surface area contributed by atoms with Crippen LogP contribution in [0.15, 0.2) is 23.2 Å². The Balaban J connectivity index is 1.66. The molecule has 2 rings (SSSR count). The number of aliphatic imine (C=N–C) groups is 1. The Labute approximate surface area is 168 Å². The van der Waals surface area contributed by atoms with Crippen LogP contribution in [0, 0.1) is 11.7 Å². The molecule has 1 aliphatic rings. The molecule has 28 heavy (non-hydrogen) atoms. The average Bonchev–Trinajstić information content (AvgIpc) is 3.22. The fourth-order valence-corrected chi connectivity index (χ4v) is 3.23. The summed E-state index contributed by atoms with van der Waals surface area (Å²) in [4.78, 5) is 6.22. The normalized spacial score (nSPS) is 17.0. The summed E-state index contributed by atoms with van der Waals surface area (Å²) in [6.07, 6.45) is 2.01. The van der Waals surface area contributed by atoms with E-state index in [1.165, 1.54) is 0 Å². The molecular weight excluding hydrogens is 359 g/mol. The molecule has 2 N–H and O–H groups in total. The molecule has 0 aromatic heterocycles. The predicted molar refractivity (Wildman–Crippen MR) is 113 cm³/mol. The number of guanidine groups is 1. The van der Waals surface area contributed by atoms with Gasteiger partial charge in [-0.05, 0) is 44.4 Å². The van der Waals surface area contributed by atoms with Crippen LogP contribution in [-0.2, 0) is 16.0 Å². The van der Waals surface area contributed by atoms with Crippen molar-refractivity contribution in [1.29, 1.82) is 0 Å². The van der Waals surface area contributed by atoms with Gasteiger partial charge in [-0.15, -0.1) is 0 Å². The highest BCUT2D eigenvalue weighted by molar-refractivity contribution is 5.79. The van der Waals surface area contributed by atoms with Gasteiger partial charge in [0.05, 0.1) is 18.9 Å². The Bertz CT molecular complexity index is 602. The maximum Gasteiger partial charge on any atom is 0.191 e. The van der Waals surface area contributed by atoms with E-state index in [0.29, 0.717) is 24.1 Å². The molecule has 1 aliphatic heterocycles. The molecule has 1 unspecified atom stereocenters. The number of anilines is 1. The lowest BCUT2D eigenvalue weighted by Gasteiger charge is -2.22. The van der Waals surface area contributed by atoms with Gasteiger partial charge in [-0.3, -0.25) is 4.99 Å². The van der Waals surface area contributed by atoms with E-state index in [1.54, 1.807) is 13.1 Å². The number of hydrogen-bond donors (Lipinski definition) is 2. The lowest BCUT2D eigenvalue weighted by Crippen LogP contribution is -2.37. The zero-order valence-electron chi connectivity index (χ0n) is 17.5. The number of ether oxygens (including phenoxy) is 2. The van der Waals surface area contributed by atoms with Gasteiger partial charge in [-0.1, -0.05) is 6.07 Å². The van der Waals surface area contributed by atoms with Crippen molar-refractivity contribution in [3.63, 3.8) is 0 Å². The summed E-state index contributed by atoms with van der Waals surface area (Å²) in [6, 6.07) is 5.40. The third-order valence-electron chi connectivity index (χ3n) is 4.94. The average molecular weight is 395 g/mol. The second kappa shape index (κ2) is 12.6. The maximum atomic E-state index is 14.4. The van der Waals surface area contributed by atoms with Crippen molar-refractivity contribution < 1.29 is 13.9 Å². The summed E-state index contributed by atoms with van der Waals surface area (Å²) in [7, 11) is 1.73. The third-order valence-corrected chi connectivity index (χ3v) is 4.94. The molecule has 1 fully saturated rings. The second-order valence-electron chi connectivity index (χ2n) is 6.97. The first kappa shape index (κ1) is 22.4. The smallest absolute Gasteiger partial charge is 0.191 e. The van der Waals surface area contributed by atoms with Crippen molar-refractivity contribution in [3.05, 3.63) is 29.6 Å². The number of halogens is 1. The largest absolute Gasteiger partial charge is 0.381 e. The molecule has 1 atom stereocenters. The van der Waals surface area contributed by atoms with Gasteiger partial charge < -0.3 is 25.0 Å². The van der Waals surface area contributed by atoms with E-state index in [-0.39, 0.29) is 5.82 Å². The Kier molecular flexibility index (Phi) is 10.1. The van der Waals surface area contributed by atoms with Crippen LogP contribution in [0.3, 0.4) is 0 Å². The molecule has 1 aromatic rings. The molecule has 0 spiro atoms. The predicted octanol–water partition coefficient (Wildman–Crippen LogP) is 2.78. The topological polar surface area (TPSA) is 58.1 Å². The molecule has 0 amide bonds. The molecule has 1 saturated heterocycles. The van der Waals surface area contributed by atoms with E-state index >= 15 is 0 Å². The lowest BCUT2D eigenvalue weighted by molar-refractivity contribution is 0.0888. The molecule has 0 radical (unpaired) electrons. The molecule has 1 aromatic carbocycles. The Hall–Kier alpha value is -1.86. The van der Waals surface area contributed by atoms with Crippen molar-refractivity contribution in [2.24, 2.45) is 10.9 Å². The van der Waals surface area contributed by atoms with Gasteiger partial charge in [0.2, 0.25) is 0 Å². The third kappa shape index (κ3) is 7.28. The van der Waals surface area contributed by atoms with Gasteiger partial charge in [0.15, 0.2) is 5.96 Å². The summed E-state index contributed by atoms with van der Waals surface area (Å²) >= 11 is 0. The quantitative estimate of drug-likeness (QED) is 0.343. The Morgan fingerprint density at radius 3 is 2.79 bits per heavy atom. The molecule has 158 valence electrons. The number of rotatable bonds is 11. The van der Waals surface area contributed by atoms with Crippen LogP contribution in [0.2, 0.25) is 0 Å². The minimum Gasteiger partial charge on any atom is -0.381 e. The summed E-state index contributed by atoms with van der Waals surface area (Å²) < 4.78 is 25.4. The number of hydrogen-bond acceptors (Lipinski definition) is 4. The molecule has 0 bridgehead atoms. The maximum absolute atomic E-state index is 14.4. The first-order chi connectivity index (χ1) is 13.7. The summed E-state index contributed by atoms with van der Waals surface area (Å²) in [5.41, 5.74) is 1.54. The second-order valence-corrected chi connectivity index (χ2v) is 6.97. The van der Waals surface area contributed by atoms with Crippen molar-refractivity contribution in [2.75, 3.05) is 58.0 Å². The molecule has 0 saturated carbocycles. The first-order valence-electron chi connectivity index (χ1n) is 10.3.